The number of hydrogen-bond donors (Lipinski definition) is 2. The first kappa shape index (κ1) is 31.1. The van der Waals surface area contributed by atoms with Crippen molar-refractivity contribution in [2.75, 3.05) is 14.2 Å². The lowest BCUT2D eigenvalue weighted by atomic mass is 10.0. The van der Waals surface area contributed by atoms with Crippen molar-refractivity contribution in [1.82, 2.24) is 19.9 Å². The molecule has 2 N–H and O–H groups in total. The van der Waals surface area contributed by atoms with Crippen molar-refractivity contribution in [2.24, 2.45) is 0 Å². The van der Waals surface area contributed by atoms with Crippen LogP contribution >= 0.6 is 0 Å². The number of nitrogens with zero attached hydrogens (tertiary/aromatic N) is 2. The highest BCUT2D eigenvalue weighted by atomic mass is 16.5. The van der Waals surface area contributed by atoms with E-state index in [-0.39, 0.29) is 0 Å². The molecule has 9 rings (SSSR count). The molecular formula is C46H34N4O2. The lowest BCUT2D eigenvalue weighted by molar-refractivity contribution is 0.415. The summed E-state index contributed by atoms with van der Waals surface area (Å²) in [6.07, 6.45) is 8.40. The fourth-order valence-electron chi connectivity index (χ4n) is 7.15. The van der Waals surface area contributed by atoms with Crippen LogP contribution in [0.1, 0.15) is 22.8 Å². The van der Waals surface area contributed by atoms with Crippen molar-refractivity contribution in [1.29, 1.82) is 0 Å². The first-order chi connectivity index (χ1) is 25.7. The van der Waals surface area contributed by atoms with Crippen molar-refractivity contribution in [3.63, 3.8) is 0 Å². The smallest absolute Gasteiger partial charge is 0.118 e. The molecule has 250 valence electrons. The Morgan fingerprint density at radius 3 is 1.08 bits per heavy atom. The fraction of sp³-hybridized carbons (Fsp3) is 0.0435. The molecule has 0 aliphatic carbocycles. The Bertz CT molecular complexity index is 2670. The van der Waals surface area contributed by atoms with Crippen molar-refractivity contribution in [3.8, 4) is 56.0 Å². The van der Waals surface area contributed by atoms with Gasteiger partial charge in [0.1, 0.15) is 11.5 Å². The number of fused-ring (bicyclic) bond motifs is 8. The second-order valence-electron chi connectivity index (χ2n) is 12.7. The maximum atomic E-state index is 5.52. The standard InChI is InChI=1S/C46H34N4O2/c1-51-33-17-13-31(14-18-33)45-39-25-23-37(48-39)43(29-9-5-3-6-10-29)35-21-22-36(47-35)44(30-11-7-4-8-12-30)38-24-26-40(49-38)46(42-28-27-41(45)50-42)32-15-19-34(52-2)20-16-32/h3-28,47-48H,1-2H3. The highest BCUT2D eigenvalue weighted by molar-refractivity contribution is 6.00. The minimum atomic E-state index is 0.788. The molecule has 0 spiro atoms. The maximum Gasteiger partial charge on any atom is 0.118 e. The van der Waals surface area contributed by atoms with E-state index in [4.69, 9.17) is 19.4 Å². The van der Waals surface area contributed by atoms with E-state index >= 15 is 0 Å². The summed E-state index contributed by atoms with van der Waals surface area (Å²) < 4.78 is 11.0. The average molecular weight is 675 g/mol. The number of ether oxygens (including phenoxy) is 2. The van der Waals surface area contributed by atoms with Gasteiger partial charge in [0, 0.05) is 44.3 Å². The fourth-order valence-corrected chi connectivity index (χ4v) is 7.15. The normalized spacial score (nSPS) is 11.9. The van der Waals surface area contributed by atoms with Gasteiger partial charge in [-0.2, -0.15) is 0 Å². The van der Waals surface area contributed by atoms with Gasteiger partial charge < -0.3 is 19.4 Å². The molecule has 2 aliphatic heterocycles. The number of rotatable bonds is 6. The minimum Gasteiger partial charge on any atom is -0.497 e. The number of benzene rings is 4. The van der Waals surface area contributed by atoms with E-state index in [0.717, 1.165) is 101 Å². The van der Waals surface area contributed by atoms with Crippen LogP contribution in [0.2, 0.25) is 0 Å². The van der Waals surface area contributed by atoms with Crippen LogP contribution in [0.5, 0.6) is 11.5 Å². The Morgan fingerprint density at radius 2 is 0.673 bits per heavy atom. The monoisotopic (exact) mass is 674 g/mol. The van der Waals surface area contributed by atoms with Crippen LogP contribution in [-0.2, 0) is 0 Å². The van der Waals surface area contributed by atoms with Crippen molar-refractivity contribution >= 4 is 46.4 Å². The predicted octanol–water partition coefficient (Wildman–Crippen LogP) is 11.3. The Hall–Kier alpha value is -6.92. The maximum absolute atomic E-state index is 5.52. The molecule has 4 aromatic carbocycles. The third-order valence-corrected chi connectivity index (χ3v) is 9.64. The summed E-state index contributed by atoms with van der Waals surface area (Å²) >= 11 is 0. The summed E-state index contributed by atoms with van der Waals surface area (Å²) in [5.41, 5.74) is 15.5. The van der Waals surface area contributed by atoms with E-state index < -0.39 is 0 Å². The third kappa shape index (κ3) is 5.56. The van der Waals surface area contributed by atoms with Gasteiger partial charge in [0.05, 0.1) is 37.0 Å². The zero-order chi connectivity index (χ0) is 35.0. The summed E-state index contributed by atoms with van der Waals surface area (Å²) in [6, 6.07) is 45.8. The van der Waals surface area contributed by atoms with E-state index in [1.54, 1.807) is 14.2 Å². The predicted molar refractivity (Wildman–Crippen MR) is 214 cm³/mol. The van der Waals surface area contributed by atoms with E-state index in [1.807, 2.05) is 36.4 Å². The molecule has 7 aromatic rings. The Morgan fingerprint density at radius 1 is 0.346 bits per heavy atom. The van der Waals surface area contributed by atoms with Crippen molar-refractivity contribution in [3.05, 3.63) is 156 Å². The third-order valence-electron chi connectivity index (χ3n) is 9.64. The molecule has 3 aromatic heterocycles. The molecule has 0 saturated carbocycles. The Kier molecular flexibility index (Phi) is 7.82. The highest BCUT2D eigenvalue weighted by Crippen LogP contribution is 2.39. The van der Waals surface area contributed by atoms with Crippen LogP contribution < -0.4 is 9.47 Å². The first-order valence-corrected chi connectivity index (χ1v) is 17.2. The number of hydrogen-bond acceptors (Lipinski definition) is 4. The summed E-state index contributed by atoms with van der Waals surface area (Å²) in [6.45, 7) is 0. The zero-order valence-electron chi connectivity index (χ0n) is 28.7. The van der Waals surface area contributed by atoms with E-state index in [0.29, 0.717) is 0 Å². The molecule has 0 unspecified atom stereocenters. The summed E-state index contributed by atoms with van der Waals surface area (Å²) in [5.74, 6) is 1.58. The second kappa shape index (κ2) is 13.1. The van der Waals surface area contributed by atoms with Gasteiger partial charge in [-0.3, -0.25) is 0 Å². The topological polar surface area (TPSA) is 75.8 Å². The summed E-state index contributed by atoms with van der Waals surface area (Å²) in [4.78, 5) is 18.3. The van der Waals surface area contributed by atoms with Gasteiger partial charge in [-0.05, 0) is 95.1 Å². The van der Waals surface area contributed by atoms with Gasteiger partial charge in [-0.25, -0.2) is 9.97 Å². The van der Waals surface area contributed by atoms with Gasteiger partial charge >= 0.3 is 0 Å². The molecule has 0 amide bonds. The van der Waals surface area contributed by atoms with Crippen molar-refractivity contribution < 1.29 is 9.47 Å². The molecule has 8 bridgehead atoms. The highest BCUT2D eigenvalue weighted by Gasteiger charge is 2.19. The van der Waals surface area contributed by atoms with Crippen LogP contribution in [0, 0.1) is 0 Å². The summed E-state index contributed by atoms with van der Waals surface area (Å²) in [7, 11) is 3.37. The molecule has 6 nitrogen and oxygen atoms in total. The molecule has 5 heterocycles. The van der Waals surface area contributed by atoms with Gasteiger partial charge in [0.25, 0.3) is 0 Å². The molecule has 0 fully saturated rings. The first-order valence-electron chi connectivity index (χ1n) is 17.2. The molecule has 52 heavy (non-hydrogen) atoms. The SMILES string of the molecule is COc1ccc(-c2c3nc(c(-c4ccccc4)c4ccc([nH]4)c(-c4ccccc4)c4ccc([nH]4)c(-c4ccc(OC)cc4)c4nc2C=C4)C=C3)cc1. The lowest BCUT2D eigenvalue weighted by Gasteiger charge is -2.08. The number of methoxy groups -OCH3 is 2. The molecule has 0 radical (unpaired) electrons. The Labute approximate surface area is 301 Å². The van der Waals surface area contributed by atoms with E-state index in [2.05, 4.69) is 131 Å². The van der Waals surface area contributed by atoms with Crippen LogP contribution in [0.3, 0.4) is 0 Å². The van der Waals surface area contributed by atoms with Gasteiger partial charge in [-0.15, -0.1) is 0 Å². The number of aromatic nitrogens is 4. The molecular weight excluding hydrogens is 641 g/mol. The van der Waals surface area contributed by atoms with E-state index in [1.165, 1.54) is 0 Å². The van der Waals surface area contributed by atoms with Crippen LogP contribution in [-0.4, -0.2) is 34.2 Å². The Balaban J connectivity index is 1.45. The quantitative estimate of drug-likeness (QED) is 0.184. The number of H-pyrrole nitrogens is 2. The van der Waals surface area contributed by atoms with Crippen LogP contribution in [0.15, 0.2) is 133 Å². The van der Waals surface area contributed by atoms with E-state index in [9.17, 15) is 0 Å². The number of aromatic amines is 2. The number of nitrogens with one attached hydrogen (secondary N) is 2. The van der Waals surface area contributed by atoms with Crippen LogP contribution in [0.4, 0.5) is 0 Å². The van der Waals surface area contributed by atoms with Crippen molar-refractivity contribution in [2.45, 2.75) is 0 Å². The van der Waals surface area contributed by atoms with Gasteiger partial charge in [0.2, 0.25) is 0 Å². The van der Waals surface area contributed by atoms with Crippen LogP contribution in [0.25, 0.3) is 90.9 Å². The second-order valence-corrected chi connectivity index (χ2v) is 12.7. The molecule has 6 heteroatoms. The molecule has 0 saturated heterocycles. The van der Waals surface area contributed by atoms with Gasteiger partial charge in [0.15, 0.2) is 0 Å². The minimum absolute atomic E-state index is 0.788. The largest absolute Gasteiger partial charge is 0.497 e. The summed E-state index contributed by atoms with van der Waals surface area (Å²) in [5, 5.41) is 0. The van der Waals surface area contributed by atoms with Gasteiger partial charge in [-0.1, -0.05) is 84.9 Å². The molecule has 0 atom stereocenters. The molecule has 2 aliphatic rings. The lowest BCUT2D eigenvalue weighted by Crippen LogP contribution is -1.91. The average Bonchev–Trinajstić information content (AvgIpc) is 4.04. The zero-order valence-corrected chi connectivity index (χ0v) is 28.7.